The first-order chi connectivity index (χ1) is 10.6. The molecule has 0 unspecified atom stereocenters. The Morgan fingerprint density at radius 3 is 2.45 bits per heavy atom. The molecule has 114 valence electrons. The van der Waals surface area contributed by atoms with Crippen LogP contribution in [0.2, 0.25) is 0 Å². The predicted molar refractivity (Wildman–Crippen MR) is 85.4 cm³/mol. The monoisotopic (exact) mass is 296 g/mol. The first-order valence-electron chi connectivity index (χ1n) is 7.58. The van der Waals surface area contributed by atoms with Crippen LogP contribution in [0.3, 0.4) is 0 Å². The quantitative estimate of drug-likeness (QED) is 0.633. The molecule has 2 aromatic rings. The van der Waals surface area contributed by atoms with Gasteiger partial charge in [0.2, 0.25) is 0 Å². The van der Waals surface area contributed by atoms with Gasteiger partial charge in [0.1, 0.15) is 18.1 Å². The molecule has 0 atom stereocenters. The Morgan fingerprint density at radius 1 is 1.00 bits per heavy atom. The minimum atomic E-state index is -0.146. The SMILES string of the molecule is Cc1c(C)c2c(c(C)c1OCc1ccccc1)CCC(=O)O2. The molecule has 1 heterocycles. The van der Waals surface area contributed by atoms with Crippen LogP contribution in [0.5, 0.6) is 11.5 Å². The molecule has 0 N–H and O–H groups in total. The summed E-state index contributed by atoms with van der Waals surface area (Å²) < 4.78 is 11.5. The van der Waals surface area contributed by atoms with Crippen molar-refractivity contribution in [3.05, 3.63) is 58.1 Å². The smallest absolute Gasteiger partial charge is 0.311 e. The van der Waals surface area contributed by atoms with Gasteiger partial charge < -0.3 is 9.47 Å². The summed E-state index contributed by atoms with van der Waals surface area (Å²) in [5.74, 6) is 1.50. The Hall–Kier alpha value is -2.29. The predicted octanol–water partition coefficient (Wildman–Crippen LogP) is 4.04. The Balaban J connectivity index is 1.95. The Labute approximate surface area is 130 Å². The molecule has 0 amide bonds. The highest BCUT2D eigenvalue weighted by atomic mass is 16.5. The van der Waals surface area contributed by atoms with E-state index in [4.69, 9.17) is 9.47 Å². The summed E-state index contributed by atoms with van der Waals surface area (Å²) in [5.41, 5.74) is 5.37. The van der Waals surface area contributed by atoms with Gasteiger partial charge in [0, 0.05) is 5.56 Å². The normalized spacial score (nSPS) is 13.5. The van der Waals surface area contributed by atoms with E-state index in [1.807, 2.05) is 39.0 Å². The summed E-state index contributed by atoms with van der Waals surface area (Å²) in [5, 5.41) is 0. The molecule has 0 spiro atoms. The summed E-state index contributed by atoms with van der Waals surface area (Å²) in [6, 6.07) is 10.1. The van der Waals surface area contributed by atoms with Crippen molar-refractivity contribution in [3.8, 4) is 11.5 Å². The Morgan fingerprint density at radius 2 is 1.73 bits per heavy atom. The van der Waals surface area contributed by atoms with Crippen molar-refractivity contribution < 1.29 is 14.3 Å². The van der Waals surface area contributed by atoms with Crippen LogP contribution in [-0.2, 0) is 17.8 Å². The van der Waals surface area contributed by atoms with Gasteiger partial charge >= 0.3 is 5.97 Å². The minimum Gasteiger partial charge on any atom is -0.488 e. The number of benzene rings is 2. The molecule has 0 aromatic heterocycles. The molecule has 3 heteroatoms. The van der Waals surface area contributed by atoms with Crippen molar-refractivity contribution in [2.75, 3.05) is 0 Å². The number of ether oxygens (including phenoxy) is 2. The molecule has 0 aliphatic carbocycles. The molecular weight excluding hydrogens is 276 g/mol. The third-order valence-electron chi connectivity index (χ3n) is 4.33. The van der Waals surface area contributed by atoms with Crippen LogP contribution in [0.15, 0.2) is 30.3 Å². The van der Waals surface area contributed by atoms with Crippen molar-refractivity contribution >= 4 is 5.97 Å². The summed E-state index contributed by atoms with van der Waals surface area (Å²) in [6.07, 6.45) is 1.16. The Kier molecular flexibility index (Phi) is 3.88. The summed E-state index contributed by atoms with van der Waals surface area (Å²) >= 11 is 0. The van der Waals surface area contributed by atoms with Gasteiger partial charge in [-0.3, -0.25) is 4.79 Å². The minimum absolute atomic E-state index is 0.146. The van der Waals surface area contributed by atoms with E-state index in [2.05, 4.69) is 12.1 Å². The van der Waals surface area contributed by atoms with E-state index >= 15 is 0 Å². The van der Waals surface area contributed by atoms with Gasteiger partial charge in [-0.25, -0.2) is 0 Å². The maximum absolute atomic E-state index is 11.5. The van der Waals surface area contributed by atoms with Crippen LogP contribution in [0, 0.1) is 20.8 Å². The second-order valence-corrected chi connectivity index (χ2v) is 5.76. The van der Waals surface area contributed by atoms with E-state index in [0.29, 0.717) is 13.0 Å². The fourth-order valence-corrected chi connectivity index (χ4v) is 2.93. The molecule has 1 aliphatic rings. The van der Waals surface area contributed by atoms with Gasteiger partial charge in [0.05, 0.1) is 6.42 Å². The second-order valence-electron chi connectivity index (χ2n) is 5.76. The number of fused-ring (bicyclic) bond motifs is 1. The van der Waals surface area contributed by atoms with Crippen LogP contribution in [0.4, 0.5) is 0 Å². The molecule has 0 bridgehead atoms. The number of rotatable bonds is 3. The largest absolute Gasteiger partial charge is 0.488 e. The van der Waals surface area contributed by atoms with Gasteiger partial charge in [0.25, 0.3) is 0 Å². The van der Waals surface area contributed by atoms with Crippen molar-refractivity contribution in [1.82, 2.24) is 0 Å². The molecule has 2 aromatic carbocycles. The zero-order chi connectivity index (χ0) is 15.7. The van der Waals surface area contributed by atoms with Gasteiger partial charge in [-0.05, 0) is 49.4 Å². The van der Waals surface area contributed by atoms with Crippen LogP contribution in [0.1, 0.15) is 34.2 Å². The lowest BCUT2D eigenvalue weighted by molar-refractivity contribution is -0.135. The number of carbonyl (C=O) groups excluding carboxylic acids is 1. The van der Waals surface area contributed by atoms with Gasteiger partial charge in [-0.2, -0.15) is 0 Å². The van der Waals surface area contributed by atoms with Crippen LogP contribution in [0.25, 0.3) is 0 Å². The summed E-state index contributed by atoms with van der Waals surface area (Å²) in [4.78, 5) is 11.5. The lowest BCUT2D eigenvalue weighted by Gasteiger charge is -2.24. The number of hydrogen-bond acceptors (Lipinski definition) is 3. The fourth-order valence-electron chi connectivity index (χ4n) is 2.93. The third-order valence-corrected chi connectivity index (χ3v) is 4.33. The van der Waals surface area contributed by atoms with Crippen molar-refractivity contribution in [2.45, 2.75) is 40.2 Å². The zero-order valence-corrected chi connectivity index (χ0v) is 13.2. The van der Waals surface area contributed by atoms with E-state index < -0.39 is 0 Å². The topological polar surface area (TPSA) is 35.5 Å². The zero-order valence-electron chi connectivity index (χ0n) is 13.2. The van der Waals surface area contributed by atoms with Crippen LogP contribution >= 0.6 is 0 Å². The fraction of sp³-hybridized carbons (Fsp3) is 0.316. The van der Waals surface area contributed by atoms with Gasteiger partial charge in [-0.15, -0.1) is 0 Å². The number of hydrogen-bond donors (Lipinski definition) is 0. The molecule has 22 heavy (non-hydrogen) atoms. The molecular formula is C19H20O3. The average Bonchev–Trinajstić information content (AvgIpc) is 2.53. The van der Waals surface area contributed by atoms with E-state index in [-0.39, 0.29) is 5.97 Å². The van der Waals surface area contributed by atoms with Crippen molar-refractivity contribution in [3.63, 3.8) is 0 Å². The maximum Gasteiger partial charge on any atom is 0.311 e. The molecule has 0 saturated heterocycles. The third kappa shape index (κ3) is 2.59. The van der Waals surface area contributed by atoms with Crippen molar-refractivity contribution in [2.24, 2.45) is 0 Å². The van der Waals surface area contributed by atoms with Crippen molar-refractivity contribution in [1.29, 1.82) is 0 Å². The summed E-state index contributed by atoms with van der Waals surface area (Å²) in [7, 11) is 0. The number of esters is 1. The summed E-state index contributed by atoms with van der Waals surface area (Å²) in [6.45, 7) is 6.60. The standard InChI is InChI=1S/C19H20O3/c1-12-13(2)19-16(9-10-17(20)22-19)14(3)18(12)21-11-15-7-5-4-6-8-15/h4-8H,9-11H2,1-3H3. The van der Waals surface area contributed by atoms with Crippen LogP contribution < -0.4 is 9.47 Å². The van der Waals surface area contributed by atoms with E-state index in [1.54, 1.807) is 0 Å². The maximum atomic E-state index is 11.5. The molecule has 0 fully saturated rings. The lowest BCUT2D eigenvalue weighted by Crippen LogP contribution is -2.19. The number of carbonyl (C=O) groups is 1. The second kappa shape index (κ2) is 5.84. The first kappa shape index (κ1) is 14.6. The molecule has 0 saturated carbocycles. The highest BCUT2D eigenvalue weighted by Crippen LogP contribution is 2.40. The average molecular weight is 296 g/mol. The van der Waals surface area contributed by atoms with E-state index in [1.165, 1.54) is 0 Å². The van der Waals surface area contributed by atoms with E-state index in [0.717, 1.165) is 45.7 Å². The first-order valence-corrected chi connectivity index (χ1v) is 7.58. The van der Waals surface area contributed by atoms with Crippen LogP contribution in [-0.4, -0.2) is 5.97 Å². The molecule has 3 rings (SSSR count). The molecule has 1 aliphatic heterocycles. The lowest BCUT2D eigenvalue weighted by atomic mass is 9.93. The Bertz CT molecular complexity index is 717. The van der Waals surface area contributed by atoms with E-state index in [9.17, 15) is 4.79 Å². The van der Waals surface area contributed by atoms with Gasteiger partial charge in [0.15, 0.2) is 0 Å². The highest BCUT2D eigenvalue weighted by Gasteiger charge is 2.25. The molecule has 3 nitrogen and oxygen atoms in total. The highest BCUT2D eigenvalue weighted by molar-refractivity contribution is 5.77. The van der Waals surface area contributed by atoms with Gasteiger partial charge in [-0.1, -0.05) is 30.3 Å². The molecule has 0 radical (unpaired) electrons.